The van der Waals surface area contributed by atoms with Gasteiger partial charge in [0, 0.05) is 24.3 Å². The lowest BCUT2D eigenvalue weighted by Crippen LogP contribution is -2.25. The standard InChI is InChI=1S/C11H16ClN3O2S/c1-7(6-18(2,16)17)13-10-5-9(12)14-11(15-10)8-3-4-8/h5,7-8H,3-4,6H2,1-2H3,(H,13,14,15). The van der Waals surface area contributed by atoms with Crippen LogP contribution in [0.4, 0.5) is 5.82 Å². The van der Waals surface area contributed by atoms with Crippen LogP contribution in [0.2, 0.25) is 5.15 Å². The highest BCUT2D eigenvalue weighted by Gasteiger charge is 2.27. The highest BCUT2D eigenvalue weighted by molar-refractivity contribution is 7.90. The summed E-state index contributed by atoms with van der Waals surface area (Å²) < 4.78 is 22.4. The number of rotatable bonds is 5. The van der Waals surface area contributed by atoms with Crippen LogP contribution in [0, 0.1) is 0 Å². The zero-order valence-electron chi connectivity index (χ0n) is 10.4. The number of hydrogen-bond donors (Lipinski definition) is 1. The molecule has 0 aromatic carbocycles. The normalized spacial score (nSPS) is 17.5. The topological polar surface area (TPSA) is 72.0 Å². The molecule has 1 aromatic heterocycles. The number of aromatic nitrogens is 2. The number of nitrogens with one attached hydrogen (secondary N) is 1. The van der Waals surface area contributed by atoms with E-state index in [-0.39, 0.29) is 11.8 Å². The molecule has 18 heavy (non-hydrogen) atoms. The van der Waals surface area contributed by atoms with Gasteiger partial charge < -0.3 is 5.32 Å². The molecule has 0 bridgehead atoms. The van der Waals surface area contributed by atoms with Crippen molar-refractivity contribution in [2.45, 2.75) is 31.7 Å². The molecule has 1 N–H and O–H groups in total. The largest absolute Gasteiger partial charge is 0.366 e. The lowest BCUT2D eigenvalue weighted by atomic mass is 10.3. The van der Waals surface area contributed by atoms with Gasteiger partial charge in [-0.25, -0.2) is 18.4 Å². The predicted molar refractivity (Wildman–Crippen MR) is 71.8 cm³/mol. The van der Waals surface area contributed by atoms with Gasteiger partial charge in [-0.05, 0) is 19.8 Å². The minimum Gasteiger partial charge on any atom is -0.366 e. The van der Waals surface area contributed by atoms with Gasteiger partial charge >= 0.3 is 0 Å². The summed E-state index contributed by atoms with van der Waals surface area (Å²) in [5, 5.41) is 3.44. The van der Waals surface area contributed by atoms with Gasteiger partial charge in [0.25, 0.3) is 0 Å². The summed E-state index contributed by atoms with van der Waals surface area (Å²) in [7, 11) is -3.01. The van der Waals surface area contributed by atoms with Crippen molar-refractivity contribution in [2.75, 3.05) is 17.3 Å². The van der Waals surface area contributed by atoms with Crippen LogP contribution in [-0.4, -0.2) is 36.4 Å². The summed E-state index contributed by atoms with van der Waals surface area (Å²) in [6.45, 7) is 1.80. The van der Waals surface area contributed by atoms with Gasteiger partial charge in [-0.1, -0.05) is 11.6 Å². The van der Waals surface area contributed by atoms with E-state index in [2.05, 4.69) is 15.3 Å². The number of anilines is 1. The smallest absolute Gasteiger partial charge is 0.149 e. The quantitative estimate of drug-likeness (QED) is 0.838. The van der Waals surface area contributed by atoms with E-state index in [1.54, 1.807) is 13.0 Å². The van der Waals surface area contributed by atoms with Crippen molar-refractivity contribution < 1.29 is 8.42 Å². The van der Waals surface area contributed by atoms with Crippen LogP contribution < -0.4 is 5.32 Å². The number of hydrogen-bond acceptors (Lipinski definition) is 5. The molecule has 5 nitrogen and oxygen atoms in total. The van der Waals surface area contributed by atoms with Crippen molar-refractivity contribution in [3.8, 4) is 0 Å². The second kappa shape index (κ2) is 5.01. The van der Waals surface area contributed by atoms with Crippen molar-refractivity contribution in [3.05, 3.63) is 17.0 Å². The van der Waals surface area contributed by atoms with E-state index in [4.69, 9.17) is 11.6 Å². The van der Waals surface area contributed by atoms with E-state index < -0.39 is 9.84 Å². The van der Waals surface area contributed by atoms with Crippen molar-refractivity contribution in [2.24, 2.45) is 0 Å². The minimum atomic E-state index is -3.01. The van der Waals surface area contributed by atoms with Crippen LogP contribution >= 0.6 is 11.6 Å². The first-order valence-corrected chi connectivity index (χ1v) is 8.26. The Bertz CT molecular complexity index is 543. The lowest BCUT2D eigenvalue weighted by Gasteiger charge is -2.14. The maximum Gasteiger partial charge on any atom is 0.149 e. The number of halogens is 1. The Kier molecular flexibility index (Phi) is 3.77. The third kappa shape index (κ3) is 4.10. The average Bonchev–Trinajstić information content (AvgIpc) is 2.95. The molecule has 2 rings (SSSR count). The van der Waals surface area contributed by atoms with E-state index >= 15 is 0 Å². The fraction of sp³-hybridized carbons (Fsp3) is 0.636. The molecule has 0 amide bonds. The number of sulfone groups is 1. The van der Waals surface area contributed by atoms with Gasteiger partial charge in [-0.2, -0.15) is 0 Å². The highest BCUT2D eigenvalue weighted by atomic mass is 35.5. The molecule has 0 radical (unpaired) electrons. The van der Waals surface area contributed by atoms with Crippen molar-refractivity contribution in [1.29, 1.82) is 0 Å². The maximum absolute atomic E-state index is 11.2. The van der Waals surface area contributed by atoms with Crippen molar-refractivity contribution in [3.63, 3.8) is 0 Å². The summed E-state index contributed by atoms with van der Waals surface area (Å²) in [6.07, 6.45) is 3.41. The third-order valence-electron chi connectivity index (χ3n) is 2.60. The molecule has 1 atom stereocenters. The van der Waals surface area contributed by atoms with Crippen LogP contribution in [0.3, 0.4) is 0 Å². The fourth-order valence-corrected chi connectivity index (χ4v) is 2.96. The van der Waals surface area contributed by atoms with E-state index in [1.807, 2.05) is 0 Å². The molecule has 100 valence electrons. The van der Waals surface area contributed by atoms with Gasteiger partial charge in [0.2, 0.25) is 0 Å². The summed E-state index contributed by atoms with van der Waals surface area (Å²) in [5.41, 5.74) is 0. The second-order valence-corrected chi connectivity index (χ2v) is 7.42. The molecule has 0 spiro atoms. The Hall–Kier alpha value is -0.880. The summed E-state index contributed by atoms with van der Waals surface area (Å²) >= 11 is 5.93. The molecule has 7 heteroatoms. The SMILES string of the molecule is CC(CS(C)(=O)=O)Nc1cc(Cl)nc(C2CC2)n1. The minimum absolute atomic E-state index is 0.0629. The summed E-state index contributed by atoms with van der Waals surface area (Å²) in [6, 6.07) is 1.41. The van der Waals surface area contributed by atoms with Crippen molar-refractivity contribution >= 4 is 27.3 Å². The number of nitrogens with zero attached hydrogens (tertiary/aromatic N) is 2. The first kappa shape index (κ1) is 13.5. The molecule has 1 saturated carbocycles. The average molecular weight is 290 g/mol. The van der Waals surface area contributed by atoms with Gasteiger partial charge in [-0.3, -0.25) is 0 Å². The molecule has 0 saturated heterocycles. The predicted octanol–water partition coefficient (Wildman–Crippen LogP) is 1.85. The molecular formula is C11H16ClN3O2S. The zero-order valence-corrected chi connectivity index (χ0v) is 11.9. The van der Waals surface area contributed by atoms with Gasteiger partial charge in [0.05, 0.1) is 5.75 Å². The van der Waals surface area contributed by atoms with Crippen LogP contribution in [-0.2, 0) is 9.84 Å². The Morgan fingerprint density at radius 2 is 2.17 bits per heavy atom. The Balaban J connectivity index is 2.08. The van der Waals surface area contributed by atoms with E-state index in [1.165, 1.54) is 6.26 Å². The molecule has 1 aliphatic rings. The Labute approximate surface area is 112 Å². The van der Waals surface area contributed by atoms with E-state index in [0.29, 0.717) is 16.9 Å². The van der Waals surface area contributed by atoms with Gasteiger partial charge in [0.15, 0.2) is 0 Å². The first-order valence-electron chi connectivity index (χ1n) is 5.82. The maximum atomic E-state index is 11.2. The van der Waals surface area contributed by atoms with E-state index in [9.17, 15) is 8.42 Å². The molecule has 1 fully saturated rings. The molecule has 1 aliphatic carbocycles. The van der Waals surface area contributed by atoms with Gasteiger partial charge in [-0.15, -0.1) is 0 Å². The lowest BCUT2D eigenvalue weighted by molar-refractivity contribution is 0.598. The Morgan fingerprint density at radius 1 is 1.50 bits per heavy atom. The van der Waals surface area contributed by atoms with Crippen LogP contribution in [0.15, 0.2) is 6.07 Å². The molecule has 1 aromatic rings. The van der Waals surface area contributed by atoms with Gasteiger partial charge in [0.1, 0.15) is 26.6 Å². The Morgan fingerprint density at radius 3 is 2.72 bits per heavy atom. The fourth-order valence-electron chi connectivity index (χ4n) is 1.78. The van der Waals surface area contributed by atoms with Crippen LogP contribution in [0.1, 0.15) is 31.5 Å². The summed E-state index contributed by atoms with van der Waals surface area (Å²) in [4.78, 5) is 8.54. The van der Waals surface area contributed by atoms with Crippen LogP contribution in [0.5, 0.6) is 0 Å². The molecule has 1 heterocycles. The summed E-state index contributed by atoms with van der Waals surface area (Å²) in [5.74, 6) is 1.81. The third-order valence-corrected chi connectivity index (χ3v) is 3.90. The molecular weight excluding hydrogens is 274 g/mol. The highest BCUT2D eigenvalue weighted by Crippen LogP contribution is 2.38. The van der Waals surface area contributed by atoms with Crippen LogP contribution in [0.25, 0.3) is 0 Å². The molecule has 1 unspecified atom stereocenters. The monoisotopic (exact) mass is 289 g/mol. The second-order valence-electron chi connectivity index (χ2n) is 4.85. The molecule has 0 aliphatic heterocycles. The van der Waals surface area contributed by atoms with E-state index in [0.717, 1.165) is 18.7 Å². The zero-order chi connectivity index (χ0) is 13.3. The van der Waals surface area contributed by atoms with Crippen molar-refractivity contribution in [1.82, 2.24) is 9.97 Å². The first-order chi connectivity index (χ1) is 8.33.